The van der Waals surface area contributed by atoms with E-state index in [2.05, 4.69) is 25.7 Å². The summed E-state index contributed by atoms with van der Waals surface area (Å²) in [6.07, 6.45) is 1.00. The van der Waals surface area contributed by atoms with Gasteiger partial charge in [-0.15, -0.1) is 0 Å². The van der Waals surface area contributed by atoms with Crippen LogP contribution >= 0.6 is 0 Å². The third-order valence-corrected chi connectivity index (χ3v) is 3.93. The molecule has 1 aromatic rings. The van der Waals surface area contributed by atoms with Crippen LogP contribution in [0.1, 0.15) is 27.2 Å². The zero-order valence-corrected chi connectivity index (χ0v) is 12.6. The van der Waals surface area contributed by atoms with Crippen LogP contribution in [-0.2, 0) is 4.79 Å². The van der Waals surface area contributed by atoms with Crippen molar-refractivity contribution in [2.75, 3.05) is 31.3 Å². The minimum atomic E-state index is 0.0254. The van der Waals surface area contributed by atoms with E-state index >= 15 is 0 Å². The number of carbonyl (C=O) groups excluding carboxylic acids is 1. The zero-order chi connectivity index (χ0) is 14.6. The van der Waals surface area contributed by atoms with E-state index < -0.39 is 0 Å². The lowest BCUT2D eigenvalue weighted by molar-refractivity contribution is -0.120. The molecule has 4 nitrogen and oxygen atoms in total. The summed E-state index contributed by atoms with van der Waals surface area (Å²) >= 11 is 0. The fourth-order valence-corrected chi connectivity index (χ4v) is 1.63. The molecule has 0 bridgehead atoms. The van der Waals surface area contributed by atoms with Gasteiger partial charge in [-0.25, -0.2) is 0 Å². The maximum absolute atomic E-state index is 12.3. The van der Waals surface area contributed by atoms with Crippen LogP contribution in [0, 0.1) is 0 Å². The summed E-state index contributed by atoms with van der Waals surface area (Å²) in [7, 11) is 3.78. The van der Waals surface area contributed by atoms with Crippen LogP contribution in [0.4, 0.5) is 11.4 Å². The van der Waals surface area contributed by atoms with Crippen molar-refractivity contribution in [3.8, 4) is 0 Å². The third-order valence-electron chi connectivity index (χ3n) is 3.93. The minimum absolute atomic E-state index is 0.0254. The minimum Gasteiger partial charge on any atom is -0.399 e. The molecule has 0 unspecified atom stereocenters. The van der Waals surface area contributed by atoms with Gasteiger partial charge in [0.25, 0.3) is 0 Å². The first kappa shape index (κ1) is 15.5. The van der Waals surface area contributed by atoms with Crippen LogP contribution in [0.2, 0.25) is 0 Å². The van der Waals surface area contributed by atoms with Gasteiger partial charge < -0.3 is 10.6 Å². The Morgan fingerprint density at radius 1 is 1.21 bits per heavy atom. The molecular formula is C15H25N3O. The Morgan fingerprint density at radius 2 is 1.74 bits per heavy atom. The highest BCUT2D eigenvalue weighted by atomic mass is 16.2. The SMILES string of the molecule is CCC(C)(C)N(C)CC(=O)N(C)c1ccc(N)cc1. The number of rotatable bonds is 5. The molecule has 0 aliphatic rings. The van der Waals surface area contributed by atoms with Crippen molar-refractivity contribution in [2.24, 2.45) is 0 Å². The van der Waals surface area contributed by atoms with Gasteiger partial charge >= 0.3 is 0 Å². The summed E-state index contributed by atoms with van der Waals surface area (Å²) in [4.78, 5) is 16.0. The van der Waals surface area contributed by atoms with Crippen molar-refractivity contribution >= 4 is 17.3 Å². The van der Waals surface area contributed by atoms with Crippen molar-refractivity contribution in [2.45, 2.75) is 32.7 Å². The molecule has 0 fully saturated rings. The molecule has 1 aromatic carbocycles. The molecule has 19 heavy (non-hydrogen) atoms. The molecule has 2 N–H and O–H groups in total. The number of carbonyl (C=O) groups is 1. The van der Waals surface area contributed by atoms with Crippen LogP contribution in [-0.4, -0.2) is 37.0 Å². The Bertz CT molecular complexity index is 426. The van der Waals surface area contributed by atoms with Crippen molar-refractivity contribution in [1.82, 2.24) is 4.90 Å². The quantitative estimate of drug-likeness (QED) is 0.830. The van der Waals surface area contributed by atoms with Crippen molar-refractivity contribution in [3.05, 3.63) is 24.3 Å². The van der Waals surface area contributed by atoms with Gasteiger partial charge in [-0.2, -0.15) is 0 Å². The lowest BCUT2D eigenvalue weighted by atomic mass is 10.00. The molecule has 0 aliphatic carbocycles. The number of anilines is 2. The monoisotopic (exact) mass is 263 g/mol. The number of nitrogen functional groups attached to an aromatic ring is 1. The first-order valence-corrected chi connectivity index (χ1v) is 6.61. The smallest absolute Gasteiger partial charge is 0.240 e. The number of benzene rings is 1. The molecule has 0 aliphatic heterocycles. The molecule has 106 valence electrons. The van der Waals surface area contributed by atoms with Gasteiger partial charge in [-0.3, -0.25) is 9.69 Å². The molecule has 0 aromatic heterocycles. The number of amides is 1. The summed E-state index contributed by atoms with van der Waals surface area (Å²) in [5.41, 5.74) is 7.24. The molecular weight excluding hydrogens is 238 g/mol. The van der Waals surface area contributed by atoms with Gasteiger partial charge in [0.2, 0.25) is 5.91 Å². The summed E-state index contributed by atoms with van der Waals surface area (Å²) in [6.45, 7) is 6.82. The standard InChI is InChI=1S/C15H25N3O/c1-6-15(2,3)17(4)11-14(19)18(5)13-9-7-12(16)8-10-13/h7-10H,6,11,16H2,1-5H3. The highest BCUT2D eigenvalue weighted by molar-refractivity contribution is 5.94. The lowest BCUT2D eigenvalue weighted by Crippen LogP contribution is -2.46. The fourth-order valence-electron chi connectivity index (χ4n) is 1.63. The van der Waals surface area contributed by atoms with E-state index in [1.165, 1.54) is 0 Å². The number of hydrogen-bond donors (Lipinski definition) is 1. The van der Waals surface area contributed by atoms with Gasteiger partial charge in [-0.05, 0) is 51.6 Å². The van der Waals surface area contributed by atoms with E-state index in [0.717, 1.165) is 12.1 Å². The van der Waals surface area contributed by atoms with Crippen LogP contribution in [0.25, 0.3) is 0 Å². The Morgan fingerprint density at radius 3 is 2.21 bits per heavy atom. The molecule has 0 atom stereocenters. The van der Waals surface area contributed by atoms with Crippen molar-refractivity contribution < 1.29 is 4.79 Å². The summed E-state index contributed by atoms with van der Waals surface area (Å²) in [5.74, 6) is 0.0776. The maximum atomic E-state index is 12.3. The van der Waals surface area contributed by atoms with E-state index in [4.69, 9.17) is 5.73 Å². The molecule has 0 spiro atoms. The number of hydrogen-bond acceptors (Lipinski definition) is 3. The zero-order valence-electron chi connectivity index (χ0n) is 12.6. The molecule has 0 saturated carbocycles. The van der Waals surface area contributed by atoms with E-state index in [1.54, 1.807) is 24.1 Å². The summed E-state index contributed by atoms with van der Waals surface area (Å²) in [5, 5.41) is 0. The predicted octanol–water partition coefficient (Wildman–Crippen LogP) is 2.35. The van der Waals surface area contributed by atoms with Crippen molar-refractivity contribution in [1.29, 1.82) is 0 Å². The Kier molecular flexibility index (Phi) is 4.95. The highest BCUT2D eigenvalue weighted by Gasteiger charge is 2.24. The second-order valence-electron chi connectivity index (χ2n) is 5.57. The molecule has 0 radical (unpaired) electrons. The largest absolute Gasteiger partial charge is 0.399 e. The van der Waals surface area contributed by atoms with E-state index in [0.29, 0.717) is 12.2 Å². The summed E-state index contributed by atoms with van der Waals surface area (Å²) in [6, 6.07) is 7.33. The van der Waals surface area contributed by atoms with Crippen molar-refractivity contribution in [3.63, 3.8) is 0 Å². The fraction of sp³-hybridized carbons (Fsp3) is 0.533. The average molecular weight is 263 g/mol. The average Bonchev–Trinajstić information content (AvgIpc) is 2.38. The topological polar surface area (TPSA) is 49.6 Å². The van der Waals surface area contributed by atoms with E-state index in [-0.39, 0.29) is 11.4 Å². The Balaban J connectivity index is 2.70. The van der Waals surface area contributed by atoms with Crippen LogP contribution < -0.4 is 10.6 Å². The number of likely N-dealkylation sites (N-methyl/N-ethyl adjacent to an activating group) is 2. The second kappa shape index (κ2) is 6.06. The van der Waals surface area contributed by atoms with Gasteiger partial charge in [-0.1, -0.05) is 6.92 Å². The molecule has 1 amide bonds. The highest BCUT2D eigenvalue weighted by Crippen LogP contribution is 2.18. The Hall–Kier alpha value is -1.55. The predicted molar refractivity (Wildman–Crippen MR) is 81.3 cm³/mol. The van der Waals surface area contributed by atoms with Gasteiger partial charge in [0.05, 0.1) is 6.54 Å². The van der Waals surface area contributed by atoms with Crippen LogP contribution in [0.3, 0.4) is 0 Å². The molecule has 1 rings (SSSR count). The second-order valence-corrected chi connectivity index (χ2v) is 5.57. The number of nitrogens with zero attached hydrogens (tertiary/aromatic N) is 2. The van der Waals surface area contributed by atoms with E-state index in [1.807, 2.05) is 19.2 Å². The van der Waals surface area contributed by atoms with Gasteiger partial charge in [0.1, 0.15) is 0 Å². The van der Waals surface area contributed by atoms with Crippen LogP contribution in [0.15, 0.2) is 24.3 Å². The van der Waals surface area contributed by atoms with Gasteiger partial charge in [0, 0.05) is 24.0 Å². The summed E-state index contributed by atoms with van der Waals surface area (Å²) < 4.78 is 0. The molecule has 0 saturated heterocycles. The Labute approximate surface area is 116 Å². The third kappa shape index (κ3) is 3.96. The maximum Gasteiger partial charge on any atom is 0.240 e. The lowest BCUT2D eigenvalue weighted by Gasteiger charge is -2.35. The normalized spacial score (nSPS) is 11.7. The van der Waals surface area contributed by atoms with E-state index in [9.17, 15) is 4.79 Å². The van der Waals surface area contributed by atoms with Crippen LogP contribution in [0.5, 0.6) is 0 Å². The number of nitrogens with two attached hydrogens (primary N) is 1. The first-order valence-electron chi connectivity index (χ1n) is 6.61. The molecule has 4 heteroatoms. The van der Waals surface area contributed by atoms with Gasteiger partial charge in [0.15, 0.2) is 0 Å². The first-order chi connectivity index (χ1) is 8.77. The molecule has 0 heterocycles.